The molecule has 0 amide bonds. The number of sulfonamides is 1. The maximum Gasteiger partial charge on any atom is 0.267 e. The SMILES string of the molecule is NS(=O)(=O)c1nnc(N=NNc2nnc([SH](=O)=O)s2)s1. The molecule has 0 bridgehead atoms. The number of nitrogens with one attached hydrogen (secondary N) is 1. The lowest BCUT2D eigenvalue weighted by Crippen LogP contribution is -2.11. The van der Waals surface area contributed by atoms with Crippen LogP contribution in [0.4, 0.5) is 10.3 Å². The molecule has 2 aromatic heterocycles. The van der Waals surface area contributed by atoms with Gasteiger partial charge in [0.15, 0.2) is 10.7 Å². The minimum absolute atomic E-state index is 0.0545. The number of rotatable bonds is 5. The average Bonchev–Trinajstić information content (AvgIpc) is 2.96. The van der Waals surface area contributed by atoms with Crippen molar-refractivity contribution in [1.82, 2.24) is 20.4 Å². The molecule has 0 aliphatic heterocycles. The Hall–Kier alpha value is -1.62. The van der Waals surface area contributed by atoms with Gasteiger partial charge in [0.1, 0.15) is 0 Å². The van der Waals surface area contributed by atoms with E-state index >= 15 is 0 Å². The molecule has 0 radical (unpaired) electrons. The van der Waals surface area contributed by atoms with Crippen LogP contribution in [0, 0.1) is 0 Å². The molecular formula is C4H4N8O4S4. The maximum atomic E-state index is 10.9. The van der Waals surface area contributed by atoms with E-state index in [-0.39, 0.29) is 14.6 Å². The van der Waals surface area contributed by atoms with Crippen molar-refractivity contribution < 1.29 is 16.8 Å². The molecule has 0 aliphatic rings. The van der Waals surface area contributed by atoms with E-state index in [1.165, 1.54) is 0 Å². The summed E-state index contributed by atoms with van der Waals surface area (Å²) in [6, 6.07) is 0. The monoisotopic (exact) mass is 356 g/mol. The Labute approximate surface area is 120 Å². The Morgan fingerprint density at radius 1 is 1.15 bits per heavy atom. The first-order valence-electron chi connectivity index (χ1n) is 4.37. The lowest BCUT2D eigenvalue weighted by Gasteiger charge is -1.87. The Bertz CT molecular complexity index is 809. The summed E-state index contributed by atoms with van der Waals surface area (Å²) in [5, 5.41) is 25.4. The molecular weight excluding hydrogens is 352 g/mol. The van der Waals surface area contributed by atoms with Gasteiger partial charge >= 0.3 is 0 Å². The van der Waals surface area contributed by atoms with Crippen LogP contribution in [0.25, 0.3) is 0 Å². The topological polar surface area (TPSA) is 183 Å². The van der Waals surface area contributed by atoms with Crippen LogP contribution in [-0.2, 0) is 20.7 Å². The van der Waals surface area contributed by atoms with Gasteiger partial charge in [-0.2, -0.15) is 0 Å². The summed E-state index contributed by atoms with van der Waals surface area (Å²) in [5.74, 6) is 0. The first-order chi connectivity index (χ1) is 9.36. The molecule has 12 nitrogen and oxygen atoms in total. The van der Waals surface area contributed by atoms with Gasteiger partial charge in [0, 0.05) is 0 Å². The van der Waals surface area contributed by atoms with Crippen LogP contribution >= 0.6 is 22.7 Å². The van der Waals surface area contributed by atoms with Crippen molar-refractivity contribution in [3.63, 3.8) is 0 Å². The molecule has 2 heterocycles. The zero-order valence-corrected chi connectivity index (χ0v) is 12.4. The summed E-state index contributed by atoms with van der Waals surface area (Å²) in [7, 11) is -6.74. The highest BCUT2D eigenvalue weighted by Gasteiger charge is 2.14. The molecule has 16 heteroatoms. The summed E-state index contributed by atoms with van der Waals surface area (Å²) in [6.45, 7) is 0. The van der Waals surface area contributed by atoms with E-state index in [1.807, 2.05) is 0 Å². The summed E-state index contributed by atoms with van der Waals surface area (Å²) >= 11 is 1.37. The van der Waals surface area contributed by atoms with Crippen LogP contribution in [0.2, 0.25) is 0 Å². The van der Waals surface area contributed by atoms with E-state index in [9.17, 15) is 16.8 Å². The molecule has 0 aliphatic carbocycles. The smallest absolute Gasteiger partial charge is 0.232 e. The van der Waals surface area contributed by atoms with Gasteiger partial charge in [-0.15, -0.1) is 20.4 Å². The highest BCUT2D eigenvalue weighted by molar-refractivity contribution is 7.91. The van der Waals surface area contributed by atoms with Crippen molar-refractivity contribution in [3.05, 3.63) is 0 Å². The highest BCUT2D eigenvalue weighted by Crippen LogP contribution is 2.22. The van der Waals surface area contributed by atoms with Gasteiger partial charge in [-0.05, 0) is 0 Å². The summed E-state index contributed by atoms with van der Waals surface area (Å²) < 4.78 is 42.5. The summed E-state index contributed by atoms with van der Waals surface area (Å²) in [4.78, 5) is 0. The zero-order chi connectivity index (χ0) is 14.8. The number of hydrogen-bond donors (Lipinski definition) is 3. The minimum Gasteiger partial charge on any atom is -0.232 e. The third-order valence-electron chi connectivity index (χ3n) is 1.49. The predicted octanol–water partition coefficient (Wildman–Crippen LogP) is -0.882. The molecule has 2 rings (SSSR count). The fourth-order valence-electron chi connectivity index (χ4n) is 0.803. The van der Waals surface area contributed by atoms with Gasteiger partial charge in [-0.1, -0.05) is 33.0 Å². The van der Waals surface area contributed by atoms with Crippen molar-refractivity contribution in [2.45, 2.75) is 8.68 Å². The lowest BCUT2D eigenvalue weighted by molar-refractivity contribution is 0.595. The Balaban J connectivity index is 2.04. The number of thiol groups is 1. The number of hydrogen-bond acceptors (Lipinski definition) is 12. The molecule has 0 saturated heterocycles. The zero-order valence-electron chi connectivity index (χ0n) is 9.07. The number of nitrogens with two attached hydrogens (primary N) is 1. The second-order valence-electron chi connectivity index (χ2n) is 2.85. The molecule has 0 saturated carbocycles. The van der Waals surface area contributed by atoms with E-state index in [2.05, 4.69) is 36.2 Å². The molecule has 3 N–H and O–H groups in total. The largest absolute Gasteiger partial charge is 0.267 e. The second-order valence-corrected chi connectivity index (χ2v) is 7.76. The number of anilines is 1. The van der Waals surface area contributed by atoms with E-state index < -0.39 is 25.1 Å². The third-order valence-corrected chi connectivity index (χ3v) is 5.36. The molecule has 0 aromatic carbocycles. The van der Waals surface area contributed by atoms with E-state index in [4.69, 9.17) is 5.14 Å². The maximum absolute atomic E-state index is 10.9. The third kappa shape index (κ3) is 3.70. The number of primary sulfonamides is 1. The second kappa shape index (κ2) is 5.79. The van der Waals surface area contributed by atoms with E-state index in [0.717, 1.165) is 11.3 Å². The predicted molar refractivity (Wildman–Crippen MR) is 67.9 cm³/mol. The standard InChI is InChI=1S/C4H4N8O4S4/c5-20(15,16)4-11-7-2(18-4)9-12-8-1-6-10-3(17-1)19(13)14/h19H,(H2,5,15,16)(H,6,7,8,9). The molecule has 2 aromatic rings. The molecule has 20 heavy (non-hydrogen) atoms. The lowest BCUT2D eigenvalue weighted by atomic mass is 11.3. The van der Waals surface area contributed by atoms with Gasteiger partial charge in [-0.25, -0.2) is 27.4 Å². The highest BCUT2D eigenvalue weighted by atomic mass is 32.2. The Morgan fingerprint density at radius 3 is 2.45 bits per heavy atom. The van der Waals surface area contributed by atoms with Crippen LogP contribution in [0.5, 0.6) is 0 Å². The summed E-state index contributed by atoms with van der Waals surface area (Å²) in [5.41, 5.74) is 2.31. The van der Waals surface area contributed by atoms with Crippen LogP contribution < -0.4 is 10.6 Å². The quantitative estimate of drug-likeness (QED) is 0.347. The van der Waals surface area contributed by atoms with E-state index in [0.29, 0.717) is 11.3 Å². The van der Waals surface area contributed by atoms with Crippen molar-refractivity contribution in [1.29, 1.82) is 0 Å². The Kier molecular flexibility index (Phi) is 4.28. The molecule has 108 valence electrons. The van der Waals surface area contributed by atoms with Crippen molar-refractivity contribution in [2.75, 3.05) is 5.43 Å². The van der Waals surface area contributed by atoms with Crippen LogP contribution in [0.15, 0.2) is 19.0 Å². The van der Waals surface area contributed by atoms with Crippen LogP contribution in [0.1, 0.15) is 0 Å². The van der Waals surface area contributed by atoms with Crippen LogP contribution in [0.3, 0.4) is 0 Å². The average molecular weight is 356 g/mol. The van der Waals surface area contributed by atoms with Gasteiger partial charge in [0.2, 0.25) is 13.8 Å². The number of nitrogens with zero attached hydrogens (tertiary/aromatic N) is 6. The van der Waals surface area contributed by atoms with Crippen LogP contribution in [-0.4, -0.2) is 37.2 Å². The van der Waals surface area contributed by atoms with Crippen molar-refractivity contribution in [3.8, 4) is 0 Å². The van der Waals surface area contributed by atoms with Gasteiger partial charge in [-0.3, -0.25) is 0 Å². The van der Waals surface area contributed by atoms with Gasteiger partial charge in [0.25, 0.3) is 15.2 Å². The van der Waals surface area contributed by atoms with E-state index in [1.54, 1.807) is 0 Å². The fraction of sp³-hybridized carbons (Fsp3) is 0. The van der Waals surface area contributed by atoms with Gasteiger partial charge < -0.3 is 0 Å². The molecule has 0 spiro atoms. The van der Waals surface area contributed by atoms with Gasteiger partial charge in [0.05, 0.1) is 0 Å². The normalized spacial score (nSPS) is 12.3. The molecule has 0 fully saturated rings. The van der Waals surface area contributed by atoms with Crippen molar-refractivity contribution >= 4 is 53.7 Å². The van der Waals surface area contributed by atoms with Crippen molar-refractivity contribution in [2.24, 2.45) is 15.5 Å². The minimum atomic E-state index is -3.93. The summed E-state index contributed by atoms with van der Waals surface area (Å²) in [6.07, 6.45) is 0. The Morgan fingerprint density at radius 2 is 1.90 bits per heavy atom. The number of aromatic nitrogens is 4. The fourth-order valence-corrected chi connectivity index (χ4v) is 3.14. The molecule has 0 unspecified atom stereocenters. The first kappa shape index (κ1) is 14.8. The molecule has 0 atom stereocenters. The first-order valence-corrected chi connectivity index (χ1v) is 8.73.